The molecule has 1 saturated carbocycles. The van der Waals surface area contributed by atoms with Crippen LogP contribution in [0.4, 0.5) is 13.2 Å². The molecule has 24 heavy (non-hydrogen) atoms. The summed E-state index contributed by atoms with van der Waals surface area (Å²) in [4.78, 5) is 12.1. The molecule has 1 N–H and O–H groups in total. The zero-order chi connectivity index (χ0) is 17.2. The maximum Gasteiger partial charge on any atom is 0.416 e. The summed E-state index contributed by atoms with van der Waals surface area (Å²) in [6.45, 7) is -0.0584. The zero-order valence-electron chi connectivity index (χ0n) is 12.7. The van der Waals surface area contributed by atoms with Crippen molar-refractivity contribution in [3.63, 3.8) is 0 Å². The molecule has 2 atom stereocenters. The Kier molecular flexibility index (Phi) is 4.50. The molecule has 0 saturated heterocycles. The summed E-state index contributed by atoms with van der Waals surface area (Å²) in [5.74, 6) is -0.663. The Labute approximate surface area is 136 Å². The molecule has 1 aliphatic rings. The molecule has 1 aromatic heterocycles. The Bertz CT molecular complexity index is 701. The summed E-state index contributed by atoms with van der Waals surface area (Å²) in [5, 5.41) is 13.3. The minimum Gasteiger partial charge on any atom is -0.351 e. The largest absolute Gasteiger partial charge is 0.416 e. The van der Waals surface area contributed by atoms with Gasteiger partial charge < -0.3 is 5.32 Å². The summed E-state index contributed by atoms with van der Waals surface area (Å²) in [5.41, 5.74) is -0.383. The predicted octanol–water partition coefficient (Wildman–Crippen LogP) is 2.14. The number of rotatable bonds is 4. The van der Waals surface area contributed by atoms with E-state index >= 15 is 0 Å². The zero-order valence-corrected chi connectivity index (χ0v) is 12.7. The Morgan fingerprint density at radius 2 is 2.08 bits per heavy atom. The van der Waals surface area contributed by atoms with Gasteiger partial charge in [0.1, 0.15) is 12.9 Å². The van der Waals surface area contributed by atoms with Gasteiger partial charge in [0.15, 0.2) is 0 Å². The lowest BCUT2D eigenvalue weighted by atomic mass is 9.89. The number of hydrogen-bond acceptors (Lipinski definition) is 4. The van der Waals surface area contributed by atoms with E-state index < -0.39 is 11.7 Å². The number of aromatic nitrogens is 4. The van der Waals surface area contributed by atoms with E-state index in [-0.39, 0.29) is 30.0 Å². The van der Waals surface area contributed by atoms with Gasteiger partial charge in [-0.2, -0.15) is 13.2 Å². The second-order valence-corrected chi connectivity index (χ2v) is 5.80. The van der Waals surface area contributed by atoms with Crippen LogP contribution in [0.25, 0.3) is 0 Å². The number of amides is 1. The Balaban J connectivity index is 1.75. The van der Waals surface area contributed by atoms with Crippen molar-refractivity contribution in [1.29, 1.82) is 0 Å². The molecule has 6 nitrogen and oxygen atoms in total. The topological polar surface area (TPSA) is 72.7 Å². The first-order valence-corrected chi connectivity index (χ1v) is 7.61. The molecule has 2 aromatic rings. The second-order valence-electron chi connectivity index (χ2n) is 5.80. The minimum atomic E-state index is -4.40. The maximum absolute atomic E-state index is 13.2. The maximum atomic E-state index is 13.2. The number of benzene rings is 1. The molecule has 0 bridgehead atoms. The molecule has 1 fully saturated rings. The van der Waals surface area contributed by atoms with Crippen LogP contribution in [0.3, 0.4) is 0 Å². The number of carbonyl (C=O) groups is 1. The third-order valence-electron chi connectivity index (χ3n) is 4.23. The fourth-order valence-electron chi connectivity index (χ4n) is 3.24. The summed E-state index contributed by atoms with van der Waals surface area (Å²) in [7, 11) is 0. The molecular formula is C15H16F3N5O. The van der Waals surface area contributed by atoms with Crippen molar-refractivity contribution in [2.75, 3.05) is 0 Å². The van der Waals surface area contributed by atoms with Gasteiger partial charge in [0.25, 0.3) is 0 Å². The number of tetrazole rings is 1. The number of alkyl halides is 3. The Morgan fingerprint density at radius 1 is 1.29 bits per heavy atom. The SMILES string of the molecule is O=C(Cn1cnnn1)N[C@@H]1CCC[C@H]1c1ccccc1C(F)(F)F. The average Bonchev–Trinajstić information content (AvgIpc) is 3.18. The Hall–Kier alpha value is -2.45. The minimum absolute atomic E-state index is 0.0584. The van der Waals surface area contributed by atoms with E-state index in [4.69, 9.17) is 0 Å². The molecule has 1 aromatic carbocycles. The van der Waals surface area contributed by atoms with E-state index in [0.29, 0.717) is 12.8 Å². The summed E-state index contributed by atoms with van der Waals surface area (Å²) in [6.07, 6.45) is -1.06. The van der Waals surface area contributed by atoms with Crippen molar-refractivity contribution < 1.29 is 18.0 Å². The van der Waals surface area contributed by atoms with Gasteiger partial charge in [-0.1, -0.05) is 24.6 Å². The van der Waals surface area contributed by atoms with Gasteiger partial charge in [-0.3, -0.25) is 4.79 Å². The number of nitrogens with one attached hydrogen (secondary N) is 1. The van der Waals surface area contributed by atoms with Gasteiger partial charge in [-0.05, 0) is 34.9 Å². The lowest BCUT2D eigenvalue weighted by Gasteiger charge is -2.24. The van der Waals surface area contributed by atoms with Gasteiger partial charge in [-0.15, -0.1) is 5.10 Å². The number of nitrogens with zero attached hydrogens (tertiary/aromatic N) is 4. The van der Waals surface area contributed by atoms with Crippen LogP contribution in [-0.2, 0) is 17.5 Å². The van der Waals surface area contributed by atoms with Crippen LogP contribution < -0.4 is 5.32 Å². The van der Waals surface area contributed by atoms with Crippen molar-refractivity contribution in [2.24, 2.45) is 0 Å². The van der Waals surface area contributed by atoms with Crippen molar-refractivity contribution in [1.82, 2.24) is 25.5 Å². The van der Waals surface area contributed by atoms with Gasteiger partial charge in [0, 0.05) is 12.0 Å². The summed E-state index contributed by atoms with van der Waals surface area (Å²) in [6, 6.07) is 5.25. The molecule has 1 aliphatic carbocycles. The first-order valence-electron chi connectivity index (χ1n) is 7.61. The fraction of sp³-hybridized carbons (Fsp3) is 0.467. The molecule has 0 aliphatic heterocycles. The highest BCUT2D eigenvalue weighted by atomic mass is 19.4. The second kappa shape index (κ2) is 6.58. The van der Waals surface area contributed by atoms with E-state index in [1.54, 1.807) is 6.07 Å². The number of carbonyl (C=O) groups excluding carboxylic acids is 1. The molecule has 128 valence electrons. The van der Waals surface area contributed by atoms with E-state index in [1.807, 2.05) is 0 Å². The van der Waals surface area contributed by atoms with Crippen LogP contribution in [0.5, 0.6) is 0 Å². The van der Waals surface area contributed by atoms with E-state index in [0.717, 1.165) is 12.5 Å². The number of hydrogen-bond donors (Lipinski definition) is 1. The molecule has 0 unspecified atom stereocenters. The molecule has 9 heteroatoms. The molecule has 0 spiro atoms. The standard InChI is InChI=1S/C15H16F3N5O/c16-15(17,18)12-6-2-1-4-10(12)11-5-3-7-13(11)20-14(24)8-23-9-19-21-22-23/h1-2,4,6,9,11,13H,3,5,7-8H2,(H,20,24)/t11-,13+/m0/s1. The third-order valence-corrected chi connectivity index (χ3v) is 4.23. The first-order chi connectivity index (χ1) is 11.4. The van der Waals surface area contributed by atoms with Gasteiger partial charge in [0.2, 0.25) is 5.91 Å². The molecule has 0 radical (unpaired) electrons. The highest BCUT2D eigenvalue weighted by molar-refractivity contribution is 5.76. The monoisotopic (exact) mass is 339 g/mol. The van der Waals surface area contributed by atoms with Crippen molar-refractivity contribution in [3.8, 4) is 0 Å². The first kappa shape index (κ1) is 16.4. The van der Waals surface area contributed by atoms with Crippen LogP contribution in [-0.4, -0.2) is 32.2 Å². The van der Waals surface area contributed by atoms with Crippen LogP contribution in [0.1, 0.15) is 36.3 Å². The summed E-state index contributed by atoms with van der Waals surface area (Å²) >= 11 is 0. The molecule has 3 rings (SSSR count). The quantitative estimate of drug-likeness (QED) is 0.926. The normalized spacial score (nSPS) is 21.0. The fourth-order valence-corrected chi connectivity index (χ4v) is 3.24. The van der Waals surface area contributed by atoms with Crippen molar-refractivity contribution in [2.45, 2.75) is 43.9 Å². The van der Waals surface area contributed by atoms with Gasteiger partial charge in [-0.25, -0.2) is 4.68 Å². The third kappa shape index (κ3) is 3.55. The van der Waals surface area contributed by atoms with E-state index in [2.05, 4.69) is 20.8 Å². The van der Waals surface area contributed by atoms with Crippen LogP contribution in [0, 0.1) is 0 Å². The lowest BCUT2D eigenvalue weighted by Crippen LogP contribution is -2.39. The number of halogens is 3. The van der Waals surface area contributed by atoms with E-state index in [1.165, 1.54) is 23.1 Å². The molecule has 1 heterocycles. The average molecular weight is 339 g/mol. The Morgan fingerprint density at radius 3 is 2.79 bits per heavy atom. The van der Waals surface area contributed by atoms with Crippen LogP contribution in [0.15, 0.2) is 30.6 Å². The smallest absolute Gasteiger partial charge is 0.351 e. The van der Waals surface area contributed by atoms with Crippen LogP contribution in [0.2, 0.25) is 0 Å². The molecular weight excluding hydrogens is 323 g/mol. The van der Waals surface area contributed by atoms with Gasteiger partial charge in [0.05, 0.1) is 5.56 Å². The predicted molar refractivity (Wildman–Crippen MR) is 77.8 cm³/mol. The van der Waals surface area contributed by atoms with E-state index in [9.17, 15) is 18.0 Å². The highest BCUT2D eigenvalue weighted by Gasteiger charge is 2.38. The van der Waals surface area contributed by atoms with Crippen LogP contribution >= 0.6 is 0 Å². The highest BCUT2D eigenvalue weighted by Crippen LogP contribution is 2.41. The molecule has 1 amide bonds. The summed E-state index contributed by atoms with van der Waals surface area (Å²) < 4.78 is 41.0. The van der Waals surface area contributed by atoms with Crippen molar-refractivity contribution in [3.05, 3.63) is 41.7 Å². The van der Waals surface area contributed by atoms with Crippen molar-refractivity contribution >= 4 is 5.91 Å². The van der Waals surface area contributed by atoms with Gasteiger partial charge >= 0.3 is 6.18 Å². The lowest BCUT2D eigenvalue weighted by molar-refractivity contribution is -0.138.